The number of carbonyl (C=O) groups is 2. The van der Waals surface area contributed by atoms with Crippen LogP contribution in [-0.4, -0.2) is 29.6 Å². The van der Waals surface area contributed by atoms with Gasteiger partial charge in [-0.2, -0.15) is 0 Å². The minimum Gasteiger partial charge on any atom is -0.393 e. The van der Waals surface area contributed by atoms with Crippen LogP contribution in [0, 0.1) is 12.8 Å². The van der Waals surface area contributed by atoms with Crippen molar-refractivity contribution in [2.24, 2.45) is 5.92 Å². The Labute approximate surface area is 135 Å². The maximum atomic E-state index is 11.8. The van der Waals surface area contributed by atoms with Crippen molar-refractivity contribution in [2.75, 3.05) is 11.9 Å². The number of anilines is 1. The molecule has 0 radical (unpaired) electrons. The number of benzene rings is 1. The van der Waals surface area contributed by atoms with Crippen molar-refractivity contribution in [1.29, 1.82) is 0 Å². The summed E-state index contributed by atoms with van der Waals surface area (Å²) in [6.07, 6.45) is 3.12. The lowest BCUT2D eigenvalue weighted by Gasteiger charge is -2.25. The van der Waals surface area contributed by atoms with Gasteiger partial charge in [0.05, 0.1) is 6.10 Å². The summed E-state index contributed by atoms with van der Waals surface area (Å²) < 4.78 is 0. The number of amides is 2. The minimum atomic E-state index is -0.712. The van der Waals surface area contributed by atoms with Crippen LogP contribution >= 0.6 is 11.6 Å². The van der Waals surface area contributed by atoms with Gasteiger partial charge in [-0.25, -0.2) is 0 Å². The van der Waals surface area contributed by atoms with Crippen LogP contribution in [0.4, 0.5) is 5.69 Å². The number of aliphatic hydroxyl groups is 1. The first-order valence-electron chi connectivity index (χ1n) is 7.49. The molecule has 22 heavy (non-hydrogen) atoms. The van der Waals surface area contributed by atoms with Gasteiger partial charge in [0.25, 0.3) is 0 Å². The standard InChI is InChI=1S/C16H21ClN2O3/c1-10-5-6-12(8-14(10)17)19-16(22)15(21)18-9-11-3-2-4-13(20)7-11/h5-6,8,11,13,20H,2-4,7,9H2,1H3,(H,18,21)(H,19,22). The number of aliphatic hydroxyl groups excluding tert-OH is 1. The number of hydrogen-bond acceptors (Lipinski definition) is 3. The highest BCUT2D eigenvalue weighted by Gasteiger charge is 2.22. The van der Waals surface area contributed by atoms with Gasteiger partial charge in [0, 0.05) is 17.3 Å². The zero-order valence-corrected chi connectivity index (χ0v) is 13.3. The van der Waals surface area contributed by atoms with Gasteiger partial charge in [0.15, 0.2) is 0 Å². The molecule has 5 nitrogen and oxygen atoms in total. The highest BCUT2D eigenvalue weighted by molar-refractivity contribution is 6.39. The highest BCUT2D eigenvalue weighted by Crippen LogP contribution is 2.23. The number of rotatable bonds is 3. The minimum absolute atomic E-state index is 0.231. The summed E-state index contributed by atoms with van der Waals surface area (Å²) >= 11 is 5.98. The van der Waals surface area contributed by atoms with Gasteiger partial charge in [-0.15, -0.1) is 0 Å². The van der Waals surface area contributed by atoms with Crippen molar-refractivity contribution in [1.82, 2.24) is 5.32 Å². The molecule has 0 aliphatic heterocycles. The fourth-order valence-corrected chi connectivity index (χ4v) is 2.80. The van der Waals surface area contributed by atoms with Crippen LogP contribution in [0.2, 0.25) is 5.02 Å². The molecule has 120 valence electrons. The second kappa shape index (κ2) is 7.61. The quantitative estimate of drug-likeness (QED) is 0.746. The number of hydrogen-bond donors (Lipinski definition) is 3. The summed E-state index contributed by atoms with van der Waals surface area (Å²) in [5.74, 6) is -1.15. The third-order valence-corrected chi connectivity index (χ3v) is 4.35. The molecule has 1 saturated carbocycles. The molecule has 0 spiro atoms. The van der Waals surface area contributed by atoms with E-state index in [2.05, 4.69) is 10.6 Å². The first-order valence-corrected chi connectivity index (χ1v) is 7.87. The van der Waals surface area contributed by atoms with Crippen LogP contribution in [0.25, 0.3) is 0 Å². The molecule has 6 heteroatoms. The van der Waals surface area contributed by atoms with E-state index < -0.39 is 11.8 Å². The maximum absolute atomic E-state index is 11.8. The van der Waals surface area contributed by atoms with E-state index in [1.54, 1.807) is 18.2 Å². The predicted octanol–water partition coefficient (Wildman–Crippen LogP) is 2.25. The van der Waals surface area contributed by atoms with E-state index in [0.717, 1.165) is 24.8 Å². The van der Waals surface area contributed by atoms with Gasteiger partial charge >= 0.3 is 11.8 Å². The molecule has 1 aliphatic rings. The zero-order valence-electron chi connectivity index (χ0n) is 12.6. The predicted molar refractivity (Wildman–Crippen MR) is 85.8 cm³/mol. The smallest absolute Gasteiger partial charge is 0.313 e. The molecule has 1 aromatic carbocycles. The third-order valence-electron chi connectivity index (χ3n) is 3.94. The lowest BCUT2D eigenvalue weighted by Crippen LogP contribution is -2.39. The van der Waals surface area contributed by atoms with E-state index in [0.29, 0.717) is 23.7 Å². The second-order valence-corrected chi connectivity index (χ2v) is 6.22. The van der Waals surface area contributed by atoms with Crippen molar-refractivity contribution in [3.05, 3.63) is 28.8 Å². The van der Waals surface area contributed by atoms with Crippen molar-refractivity contribution in [3.8, 4) is 0 Å². The largest absolute Gasteiger partial charge is 0.393 e. The van der Waals surface area contributed by atoms with Crippen LogP contribution in [0.5, 0.6) is 0 Å². The number of aryl methyl sites for hydroxylation is 1. The summed E-state index contributed by atoms with van der Waals surface area (Å²) in [5, 5.41) is 15.3. The first kappa shape index (κ1) is 16.8. The molecular weight excluding hydrogens is 304 g/mol. The van der Waals surface area contributed by atoms with E-state index in [4.69, 9.17) is 11.6 Å². The van der Waals surface area contributed by atoms with Crippen LogP contribution in [0.15, 0.2) is 18.2 Å². The molecule has 2 rings (SSSR count). The van der Waals surface area contributed by atoms with E-state index in [-0.39, 0.29) is 12.0 Å². The van der Waals surface area contributed by atoms with Crippen LogP contribution < -0.4 is 10.6 Å². The number of nitrogens with one attached hydrogen (secondary N) is 2. The summed E-state index contributed by atoms with van der Waals surface area (Å²) in [7, 11) is 0. The average molecular weight is 325 g/mol. The molecule has 0 bridgehead atoms. The summed E-state index contributed by atoms with van der Waals surface area (Å²) in [5.41, 5.74) is 1.39. The van der Waals surface area contributed by atoms with E-state index in [1.807, 2.05) is 6.92 Å². The van der Waals surface area contributed by atoms with Gasteiger partial charge in [-0.3, -0.25) is 9.59 Å². The van der Waals surface area contributed by atoms with Gasteiger partial charge < -0.3 is 15.7 Å². The molecule has 2 atom stereocenters. The summed E-state index contributed by atoms with van der Waals surface area (Å²) in [6, 6.07) is 5.09. The van der Waals surface area contributed by atoms with Gasteiger partial charge in [-0.05, 0) is 49.8 Å². The van der Waals surface area contributed by atoms with Gasteiger partial charge in [0.1, 0.15) is 0 Å². The Balaban J connectivity index is 1.81. The van der Waals surface area contributed by atoms with Crippen LogP contribution in [-0.2, 0) is 9.59 Å². The number of carbonyl (C=O) groups excluding carboxylic acids is 2. The Hall–Kier alpha value is -1.59. The van der Waals surface area contributed by atoms with Crippen molar-refractivity contribution in [2.45, 2.75) is 38.7 Å². The van der Waals surface area contributed by atoms with E-state index in [1.165, 1.54) is 0 Å². The van der Waals surface area contributed by atoms with Crippen LogP contribution in [0.3, 0.4) is 0 Å². The topological polar surface area (TPSA) is 78.4 Å². The van der Waals surface area contributed by atoms with Crippen molar-refractivity contribution >= 4 is 29.1 Å². The normalized spacial score (nSPS) is 21.2. The molecule has 2 amide bonds. The summed E-state index contributed by atoms with van der Waals surface area (Å²) in [4.78, 5) is 23.6. The Bertz CT molecular complexity index is 562. The molecule has 3 N–H and O–H groups in total. The lowest BCUT2D eigenvalue weighted by molar-refractivity contribution is -0.136. The Morgan fingerprint density at radius 1 is 1.32 bits per heavy atom. The fourth-order valence-electron chi connectivity index (χ4n) is 2.62. The molecular formula is C16H21ClN2O3. The van der Waals surface area contributed by atoms with E-state index in [9.17, 15) is 14.7 Å². The third kappa shape index (κ3) is 4.71. The Morgan fingerprint density at radius 3 is 2.77 bits per heavy atom. The van der Waals surface area contributed by atoms with Gasteiger partial charge in [-0.1, -0.05) is 24.1 Å². The first-order chi connectivity index (χ1) is 10.5. The van der Waals surface area contributed by atoms with Crippen molar-refractivity contribution in [3.63, 3.8) is 0 Å². The molecule has 0 aromatic heterocycles. The highest BCUT2D eigenvalue weighted by atomic mass is 35.5. The zero-order chi connectivity index (χ0) is 16.1. The molecule has 1 aliphatic carbocycles. The average Bonchev–Trinajstić information content (AvgIpc) is 2.48. The van der Waals surface area contributed by atoms with Crippen LogP contribution in [0.1, 0.15) is 31.2 Å². The maximum Gasteiger partial charge on any atom is 0.313 e. The van der Waals surface area contributed by atoms with Gasteiger partial charge in [0.2, 0.25) is 0 Å². The Morgan fingerprint density at radius 2 is 2.09 bits per heavy atom. The molecule has 1 fully saturated rings. The monoisotopic (exact) mass is 324 g/mol. The molecule has 2 unspecified atom stereocenters. The summed E-state index contributed by atoms with van der Waals surface area (Å²) in [6.45, 7) is 2.28. The second-order valence-electron chi connectivity index (χ2n) is 5.81. The molecule has 0 heterocycles. The Kier molecular flexibility index (Phi) is 5.80. The number of halogens is 1. The SMILES string of the molecule is Cc1ccc(NC(=O)C(=O)NCC2CCCC(O)C2)cc1Cl. The van der Waals surface area contributed by atoms with E-state index >= 15 is 0 Å². The molecule has 1 aromatic rings. The fraction of sp³-hybridized carbons (Fsp3) is 0.500. The van der Waals surface area contributed by atoms with Crippen molar-refractivity contribution < 1.29 is 14.7 Å². The lowest BCUT2D eigenvalue weighted by atomic mass is 9.87. The molecule has 0 saturated heterocycles.